The van der Waals surface area contributed by atoms with E-state index in [9.17, 15) is 48.1 Å². The summed E-state index contributed by atoms with van der Waals surface area (Å²) in [6, 6.07) is 29.9. The van der Waals surface area contributed by atoms with Crippen LogP contribution in [0.2, 0.25) is 0 Å². The van der Waals surface area contributed by atoms with Gasteiger partial charge in [0.15, 0.2) is 0 Å². The minimum absolute atomic E-state index is 0.0269. The van der Waals surface area contributed by atoms with E-state index in [0.29, 0.717) is 74.2 Å². The van der Waals surface area contributed by atoms with Gasteiger partial charge in [-0.25, -0.2) is 43.1 Å². The lowest BCUT2D eigenvalue weighted by molar-refractivity contribution is -0.129. The standard InChI is InChI=1S/C27H29N3O6S2.C20H24N2O5S2/c1-19-8-13-25(37(33,34)24-6-4-3-5-7-24)18-26(19)38(35,36)29-23-14-16-30(17-15-23)27(32)21-9-11-22(12-10-21)28-20(2)31;1-15-8-9-19(28(24,25)18-6-4-3-5-7-18)14-20(15)29(26,27)21-17-10-12-22(13-11-17)16(2)23/h3-13,18,23,29H,14-17H2,1-2H3,(H,28,31);3-9,14,17,21H,10-13H2,1-2H3. The maximum Gasteiger partial charge on any atom is 0.253 e. The minimum atomic E-state index is -4.01. The summed E-state index contributed by atoms with van der Waals surface area (Å²) in [6.45, 7) is 7.85. The Morgan fingerprint density at radius 1 is 0.493 bits per heavy atom. The molecule has 0 saturated carbocycles. The van der Waals surface area contributed by atoms with Crippen molar-refractivity contribution >= 4 is 63.1 Å². The minimum Gasteiger partial charge on any atom is -0.343 e. The Morgan fingerprint density at radius 3 is 1.25 bits per heavy atom. The third kappa shape index (κ3) is 12.4. The van der Waals surface area contributed by atoms with E-state index >= 15 is 0 Å². The van der Waals surface area contributed by atoms with Crippen LogP contribution in [0.3, 0.4) is 0 Å². The molecule has 2 aliphatic rings. The number of anilines is 1. The van der Waals surface area contributed by atoms with Crippen LogP contribution < -0.4 is 14.8 Å². The molecule has 0 aliphatic carbocycles. The number of nitrogens with zero attached hydrogens (tertiary/aromatic N) is 2. The van der Waals surface area contributed by atoms with Crippen molar-refractivity contribution < 1.29 is 48.1 Å². The Bertz CT molecular complexity index is 3060. The molecule has 356 valence electrons. The van der Waals surface area contributed by atoms with Gasteiger partial charge in [-0.15, -0.1) is 0 Å². The number of carbonyl (C=O) groups is 3. The van der Waals surface area contributed by atoms with E-state index in [2.05, 4.69) is 14.8 Å². The van der Waals surface area contributed by atoms with Crippen LogP contribution in [0.25, 0.3) is 0 Å². The first-order valence-electron chi connectivity index (χ1n) is 21.4. The molecular weight excluding hydrogens is 939 g/mol. The summed E-state index contributed by atoms with van der Waals surface area (Å²) in [5.41, 5.74) is 1.97. The normalized spacial score (nSPS) is 15.3. The summed E-state index contributed by atoms with van der Waals surface area (Å²) in [4.78, 5) is 38.7. The molecule has 5 aromatic carbocycles. The third-order valence-electron chi connectivity index (χ3n) is 11.4. The molecule has 0 atom stereocenters. The van der Waals surface area contributed by atoms with Crippen molar-refractivity contribution in [1.82, 2.24) is 19.2 Å². The predicted molar refractivity (Wildman–Crippen MR) is 252 cm³/mol. The highest BCUT2D eigenvalue weighted by Gasteiger charge is 2.31. The van der Waals surface area contributed by atoms with Gasteiger partial charge in [0.2, 0.25) is 51.5 Å². The Labute approximate surface area is 392 Å². The van der Waals surface area contributed by atoms with Gasteiger partial charge >= 0.3 is 0 Å². The Kier molecular flexibility index (Phi) is 15.9. The number of sulfonamides is 2. The van der Waals surface area contributed by atoms with Crippen molar-refractivity contribution in [3.05, 3.63) is 138 Å². The molecule has 16 nitrogen and oxygen atoms in total. The Morgan fingerprint density at radius 2 is 0.881 bits per heavy atom. The Balaban J connectivity index is 0.000000229. The molecule has 5 aromatic rings. The first kappa shape index (κ1) is 50.6. The van der Waals surface area contributed by atoms with Crippen LogP contribution >= 0.6 is 0 Å². The maximum atomic E-state index is 13.3. The molecule has 67 heavy (non-hydrogen) atoms. The molecule has 7 rings (SSSR count). The Hall–Kier alpha value is -5.77. The number of nitrogens with one attached hydrogen (secondary N) is 3. The highest BCUT2D eigenvalue weighted by molar-refractivity contribution is 7.92. The highest BCUT2D eigenvalue weighted by Crippen LogP contribution is 2.28. The van der Waals surface area contributed by atoms with Crippen LogP contribution in [0.15, 0.2) is 151 Å². The summed E-state index contributed by atoms with van der Waals surface area (Å²) in [5, 5.41) is 2.65. The monoisotopic (exact) mass is 991 g/mol. The molecule has 0 bridgehead atoms. The van der Waals surface area contributed by atoms with Gasteiger partial charge < -0.3 is 15.1 Å². The number of aryl methyl sites for hydroxylation is 2. The average Bonchev–Trinajstić information content (AvgIpc) is 3.30. The fraction of sp³-hybridized carbons (Fsp3) is 0.298. The number of amides is 3. The van der Waals surface area contributed by atoms with Gasteiger partial charge in [-0.2, -0.15) is 0 Å². The summed E-state index contributed by atoms with van der Waals surface area (Å²) in [6.07, 6.45) is 1.85. The first-order chi connectivity index (χ1) is 31.6. The van der Waals surface area contributed by atoms with Gasteiger partial charge in [0.1, 0.15) is 0 Å². The molecule has 2 fully saturated rings. The van der Waals surface area contributed by atoms with E-state index in [1.807, 2.05) is 0 Å². The smallest absolute Gasteiger partial charge is 0.253 e. The number of piperidine rings is 2. The number of hydrogen-bond donors (Lipinski definition) is 3. The SMILES string of the molecule is CC(=O)N1CCC(NS(=O)(=O)c2cc(S(=O)(=O)c3ccccc3)ccc2C)CC1.CC(=O)Nc1ccc(C(=O)N2CCC(NS(=O)(=O)c3cc(S(=O)(=O)c4ccccc4)ccc3C)CC2)cc1. The van der Waals surface area contributed by atoms with E-state index in [1.54, 1.807) is 84.3 Å². The highest BCUT2D eigenvalue weighted by atomic mass is 32.2. The van der Waals surface area contributed by atoms with Crippen LogP contribution in [0.4, 0.5) is 5.69 Å². The van der Waals surface area contributed by atoms with Gasteiger partial charge in [0.25, 0.3) is 5.91 Å². The molecule has 0 radical (unpaired) electrons. The summed E-state index contributed by atoms with van der Waals surface area (Å²) in [5.74, 6) is -0.398. The van der Waals surface area contributed by atoms with Crippen LogP contribution in [0.5, 0.6) is 0 Å². The molecule has 0 spiro atoms. The number of benzene rings is 5. The van der Waals surface area contributed by atoms with E-state index < -0.39 is 45.8 Å². The second-order valence-electron chi connectivity index (χ2n) is 16.3. The summed E-state index contributed by atoms with van der Waals surface area (Å²) < 4.78 is 110. The summed E-state index contributed by atoms with van der Waals surface area (Å²) in [7, 11) is -15.6. The molecular formula is C47H53N5O11S4. The van der Waals surface area contributed by atoms with E-state index in [1.165, 1.54) is 74.5 Å². The van der Waals surface area contributed by atoms with Crippen molar-refractivity contribution in [2.75, 3.05) is 31.5 Å². The number of hydrogen-bond acceptors (Lipinski definition) is 11. The molecule has 3 N–H and O–H groups in total. The van der Waals surface area contributed by atoms with Crippen LogP contribution in [-0.4, -0.2) is 99.5 Å². The van der Waals surface area contributed by atoms with Crippen LogP contribution in [0, 0.1) is 13.8 Å². The zero-order valence-electron chi connectivity index (χ0n) is 37.4. The zero-order valence-corrected chi connectivity index (χ0v) is 40.6. The van der Waals surface area contributed by atoms with Gasteiger partial charge in [0, 0.05) is 63.4 Å². The molecule has 3 amide bonds. The van der Waals surface area contributed by atoms with Crippen molar-refractivity contribution in [3.63, 3.8) is 0 Å². The average molecular weight is 992 g/mol. The molecule has 2 heterocycles. The molecule has 2 aliphatic heterocycles. The fourth-order valence-corrected chi connectivity index (χ4v) is 13.6. The van der Waals surface area contributed by atoms with E-state index in [4.69, 9.17) is 0 Å². The van der Waals surface area contributed by atoms with Crippen molar-refractivity contribution in [1.29, 1.82) is 0 Å². The number of carbonyl (C=O) groups excluding carboxylic acids is 3. The second-order valence-corrected chi connectivity index (χ2v) is 23.6. The molecule has 20 heteroatoms. The van der Waals surface area contributed by atoms with Crippen molar-refractivity contribution in [2.45, 2.75) is 94.8 Å². The van der Waals surface area contributed by atoms with E-state index in [0.717, 1.165) is 0 Å². The summed E-state index contributed by atoms with van der Waals surface area (Å²) >= 11 is 0. The lowest BCUT2D eigenvalue weighted by Gasteiger charge is -2.32. The molecule has 2 saturated heterocycles. The van der Waals surface area contributed by atoms with Gasteiger partial charge in [-0.1, -0.05) is 48.5 Å². The number of likely N-dealkylation sites (tertiary alicyclic amines) is 2. The second kappa shape index (κ2) is 21.0. The fourth-order valence-electron chi connectivity index (χ4n) is 7.71. The largest absolute Gasteiger partial charge is 0.343 e. The number of rotatable bonds is 12. The lowest BCUT2D eigenvalue weighted by Crippen LogP contribution is -2.46. The van der Waals surface area contributed by atoms with Crippen molar-refractivity contribution in [2.24, 2.45) is 0 Å². The van der Waals surface area contributed by atoms with Crippen LogP contribution in [-0.2, 0) is 49.3 Å². The maximum absolute atomic E-state index is 13.3. The van der Waals surface area contributed by atoms with E-state index in [-0.39, 0.29) is 53.1 Å². The number of sulfone groups is 2. The molecule has 0 aromatic heterocycles. The topological polar surface area (TPSA) is 230 Å². The quantitative estimate of drug-likeness (QED) is 0.142. The zero-order chi connectivity index (χ0) is 48.7. The molecule has 0 unspecified atom stereocenters. The van der Waals surface area contributed by atoms with Crippen LogP contribution in [0.1, 0.15) is 61.0 Å². The van der Waals surface area contributed by atoms with Crippen molar-refractivity contribution in [3.8, 4) is 0 Å². The van der Waals surface area contributed by atoms with Gasteiger partial charge in [0.05, 0.1) is 29.4 Å². The lowest BCUT2D eigenvalue weighted by atomic mass is 10.0. The predicted octanol–water partition coefficient (Wildman–Crippen LogP) is 5.49. The van der Waals surface area contributed by atoms with Gasteiger partial charge in [-0.3, -0.25) is 14.4 Å². The van der Waals surface area contributed by atoms with Gasteiger partial charge in [-0.05, 0) is 123 Å². The first-order valence-corrected chi connectivity index (χ1v) is 27.3. The third-order valence-corrected chi connectivity index (χ3v) is 18.3.